The van der Waals surface area contributed by atoms with Gasteiger partial charge in [-0.3, -0.25) is 0 Å². The fourth-order valence-electron chi connectivity index (χ4n) is 2.07. The Morgan fingerprint density at radius 2 is 2.29 bits per heavy atom. The summed E-state index contributed by atoms with van der Waals surface area (Å²) < 4.78 is 5.68. The predicted octanol–water partition coefficient (Wildman–Crippen LogP) is 2.57. The topological polar surface area (TPSA) is 51.0 Å². The highest BCUT2D eigenvalue weighted by atomic mass is 32.1. The minimum Gasteiger partial charge on any atom is -0.418 e. The van der Waals surface area contributed by atoms with Gasteiger partial charge >= 0.3 is 0 Å². The maximum atomic E-state index is 5.68. The first-order valence-corrected chi connectivity index (χ1v) is 6.72. The molecule has 1 aliphatic rings. The van der Waals surface area contributed by atoms with Gasteiger partial charge in [0.1, 0.15) is 0 Å². The summed E-state index contributed by atoms with van der Waals surface area (Å²) in [6, 6.07) is 2.30. The molecule has 2 aromatic rings. The normalized spacial score (nSPS) is 16.1. The van der Waals surface area contributed by atoms with E-state index in [0.717, 1.165) is 4.88 Å². The van der Waals surface area contributed by atoms with Crippen LogP contribution in [0.25, 0.3) is 10.8 Å². The second-order valence-corrected chi connectivity index (χ2v) is 5.51. The quantitative estimate of drug-likeness (QED) is 0.908. The van der Waals surface area contributed by atoms with Gasteiger partial charge in [0.05, 0.1) is 10.9 Å². The van der Waals surface area contributed by atoms with Crippen LogP contribution in [0.15, 0.2) is 10.5 Å². The van der Waals surface area contributed by atoms with E-state index in [4.69, 9.17) is 4.42 Å². The number of thiophene rings is 1. The molecule has 1 N–H and O–H groups in total. The third-order valence-corrected chi connectivity index (χ3v) is 4.43. The molecular weight excluding hydrogens is 234 g/mol. The number of nitrogens with zero attached hydrogens (tertiary/aromatic N) is 2. The van der Waals surface area contributed by atoms with Crippen molar-refractivity contribution in [1.29, 1.82) is 0 Å². The average molecular weight is 249 g/mol. The Morgan fingerprint density at radius 3 is 3.06 bits per heavy atom. The maximum Gasteiger partial charge on any atom is 0.257 e. The second kappa shape index (κ2) is 4.23. The summed E-state index contributed by atoms with van der Waals surface area (Å²) in [6.07, 6.45) is 3.68. The van der Waals surface area contributed by atoms with Crippen molar-refractivity contribution in [2.45, 2.75) is 32.2 Å². The molecule has 0 saturated heterocycles. The zero-order valence-corrected chi connectivity index (χ0v) is 10.8. The second-order valence-electron chi connectivity index (χ2n) is 4.37. The van der Waals surface area contributed by atoms with Gasteiger partial charge in [-0.15, -0.1) is 21.5 Å². The minimum atomic E-state index is 0.100. The molecule has 1 unspecified atom stereocenters. The summed E-state index contributed by atoms with van der Waals surface area (Å²) in [6.45, 7) is 2.01. The number of fused-ring (bicyclic) bond motifs is 1. The van der Waals surface area contributed by atoms with Crippen molar-refractivity contribution in [3.05, 3.63) is 22.4 Å². The largest absolute Gasteiger partial charge is 0.418 e. The summed E-state index contributed by atoms with van der Waals surface area (Å²) in [5.41, 5.74) is 1.46. The number of rotatable bonds is 3. The van der Waals surface area contributed by atoms with Gasteiger partial charge in [0, 0.05) is 4.88 Å². The zero-order chi connectivity index (χ0) is 11.8. The molecule has 0 bridgehead atoms. The summed E-state index contributed by atoms with van der Waals surface area (Å²) in [5.74, 6) is 1.30. The van der Waals surface area contributed by atoms with Gasteiger partial charge in [-0.1, -0.05) is 0 Å². The Kier molecular flexibility index (Phi) is 2.72. The summed E-state index contributed by atoms with van der Waals surface area (Å²) in [7, 11) is 1.88. The summed E-state index contributed by atoms with van der Waals surface area (Å²) >= 11 is 1.79. The average Bonchev–Trinajstić information content (AvgIpc) is 3.00. The van der Waals surface area contributed by atoms with Crippen molar-refractivity contribution < 1.29 is 4.42 Å². The van der Waals surface area contributed by atoms with Crippen LogP contribution < -0.4 is 5.32 Å². The van der Waals surface area contributed by atoms with E-state index >= 15 is 0 Å². The van der Waals surface area contributed by atoms with Gasteiger partial charge in [0.25, 0.3) is 5.89 Å². The summed E-state index contributed by atoms with van der Waals surface area (Å²) in [5, 5.41) is 11.3. The third-order valence-electron chi connectivity index (χ3n) is 3.20. The van der Waals surface area contributed by atoms with Crippen molar-refractivity contribution in [2.75, 3.05) is 7.05 Å². The molecule has 5 heteroatoms. The third kappa shape index (κ3) is 1.89. The van der Waals surface area contributed by atoms with Crippen molar-refractivity contribution >= 4 is 11.3 Å². The molecular formula is C12H15N3OS. The van der Waals surface area contributed by atoms with Gasteiger partial charge in [0.2, 0.25) is 5.89 Å². The van der Waals surface area contributed by atoms with E-state index in [1.165, 1.54) is 29.7 Å². The molecule has 3 rings (SSSR count). The van der Waals surface area contributed by atoms with E-state index in [2.05, 4.69) is 21.6 Å². The maximum absolute atomic E-state index is 5.68. The van der Waals surface area contributed by atoms with Crippen LogP contribution >= 0.6 is 11.3 Å². The first kappa shape index (κ1) is 10.9. The fraction of sp³-hybridized carbons (Fsp3) is 0.500. The molecule has 0 saturated carbocycles. The number of hydrogen-bond donors (Lipinski definition) is 1. The first-order valence-electron chi connectivity index (χ1n) is 5.90. The highest BCUT2D eigenvalue weighted by Crippen LogP contribution is 2.36. The molecule has 17 heavy (non-hydrogen) atoms. The van der Waals surface area contributed by atoms with Crippen molar-refractivity contribution in [3.63, 3.8) is 0 Å². The Labute approximate surface area is 104 Å². The van der Waals surface area contributed by atoms with Crippen LogP contribution in [-0.2, 0) is 12.8 Å². The van der Waals surface area contributed by atoms with Gasteiger partial charge < -0.3 is 9.73 Å². The fourth-order valence-corrected chi connectivity index (χ4v) is 3.24. The summed E-state index contributed by atoms with van der Waals surface area (Å²) in [4.78, 5) is 2.60. The monoisotopic (exact) mass is 249 g/mol. The van der Waals surface area contributed by atoms with Gasteiger partial charge in [0.15, 0.2) is 0 Å². The van der Waals surface area contributed by atoms with Crippen molar-refractivity contribution in [3.8, 4) is 10.8 Å². The SMILES string of the molecule is CNC(C)c1nnc(-c2cc3c(s2)CCC3)o1. The lowest BCUT2D eigenvalue weighted by Crippen LogP contribution is -2.12. The van der Waals surface area contributed by atoms with Crippen LogP contribution in [0.2, 0.25) is 0 Å². The first-order chi connectivity index (χ1) is 8.28. The number of aromatic nitrogens is 2. The number of aryl methyl sites for hydroxylation is 2. The number of nitrogens with one attached hydrogen (secondary N) is 1. The molecule has 2 heterocycles. The van der Waals surface area contributed by atoms with Crippen molar-refractivity contribution in [1.82, 2.24) is 15.5 Å². The number of hydrogen-bond acceptors (Lipinski definition) is 5. The van der Waals surface area contributed by atoms with E-state index in [9.17, 15) is 0 Å². The Balaban J connectivity index is 1.90. The molecule has 0 amide bonds. The van der Waals surface area contributed by atoms with E-state index in [1.807, 2.05) is 14.0 Å². The Morgan fingerprint density at radius 1 is 1.41 bits per heavy atom. The molecule has 0 fully saturated rings. The molecule has 2 aromatic heterocycles. The Bertz CT molecular complexity index is 510. The molecule has 4 nitrogen and oxygen atoms in total. The van der Waals surface area contributed by atoms with Crippen LogP contribution in [0, 0.1) is 0 Å². The van der Waals surface area contributed by atoms with Crippen LogP contribution in [0.3, 0.4) is 0 Å². The lowest BCUT2D eigenvalue weighted by Gasteiger charge is -2.01. The van der Waals surface area contributed by atoms with Crippen molar-refractivity contribution in [2.24, 2.45) is 0 Å². The van der Waals surface area contributed by atoms with E-state index in [-0.39, 0.29) is 6.04 Å². The van der Waals surface area contributed by atoms with E-state index < -0.39 is 0 Å². The molecule has 0 aromatic carbocycles. The predicted molar refractivity (Wildman–Crippen MR) is 67.1 cm³/mol. The minimum absolute atomic E-state index is 0.100. The van der Waals surface area contributed by atoms with Crippen LogP contribution in [0.4, 0.5) is 0 Å². The standard InChI is InChI=1S/C12H15N3OS/c1-7(13-2)11-14-15-12(16-11)10-6-8-4-3-5-9(8)17-10/h6-7,13H,3-5H2,1-2H3. The van der Waals surface area contributed by atoms with Gasteiger partial charge in [-0.05, 0) is 44.9 Å². The molecule has 90 valence electrons. The lowest BCUT2D eigenvalue weighted by molar-refractivity contribution is 0.442. The van der Waals surface area contributed by atoms with Gasteiger partial charge in [-0.2, -0.15) is 0 Å². The molecule has 1 atom stereocenters. The zero-order valence-electron chi connectivity index (χ0n) is 9.99. The molecule has 0 radical (unpaired) electrons. The Hall–Kier alpha value is -1.20. The molecule has 0 spiro atoms. The van der Waals surface area contributed by atoms with Crippen LogP contribution in [-0.4, -0.2) is 17.2 Å². The smallest absolute Gasteiger partial charge is 0.257 e. The van der Waals surface area contributed by atoms with E-state index in [1.54, 1.807) is 11.3 Å². The van der Waals surface area contributed by atoms with Crippen LogP contribution in [0.5, 0.6) is 0 Å². The molecule has 0 aliphatic heterocycles. The lowest BCUT2D eigenvalue weighted by atomic mass is 10.2. The van der Waals surface area contributed by atoms with E-state index in [0.29, 0.717) is 11.8 Å². The van der Waals surface area contributed by atoms with Gasteiger partial charge in [-0.25, -0.2) is 0 Å². The molecule has 1 aliphatic carbocycles. The highest BCUT2D eigenvalue weighted by molar-refractivity contribution is 7.15. The van der Waals surface area contributed by atoms with Crippen LogP contribution in [0.1, 0.15) is 35.7 Å². The highest BCUT2D eigenvalue weighted by Gasteiger charge is 2.19.